The van der Waals surface area contributed by atoms with Crippen LogP contribution in [0.1, 0.15) is 0 Å². The van der Waals surface area contributed by atoms with Crippen molar-refractivity contribution in [3.8, 4) is 5.75 Å². The van der Waals surface area contributed by atoms with Crippen LogP contribution in [0.25, 0.3) is 0 Å². The predicted octanol–water partition coefficient (Wildman–Crippen LogP) is 2.06. The van der Waals surface area contributed by atoms with Gasteiger partial charge in [-0.2, -0.15) is 0 Å². The number of alkyl halides is 1. The Morgan fingerprint density at radius 1 is 1.64 bits per heavy atom. The monoisotopic (exact) mass is 216 g/mol. The lowest BCUT2D eigenvalue weighted by molar-refractivity contribution is 0.412. The quantitative estimate of drug-likeness (QED) is 0.478. The zero-order valence-corrected chi connectivity index (χ0v) is 8.38. The van der Waals surface area contributed by atoms with Crippen LogP contribution in [0.4, 0.5) is 10.1 Å². The normalized spacial score (nSPS) is 11.5. The van der Waals surface area contributed by atoms with Crippen molar-refractivity contribution < 1.29 is 9.13 Å². The highest BCUT2D eigenvalue weighted by atomic mass is 35.5. The number of hydrogen-bond acceptors (Lipinski definition) is 2. The number of amidine groups is 1. The van der Waals surface area contributed by atoms with E-state index in [9.17, 15) is 4.39 Å². The molecule has 0 saturated heterocycles. The van der Waals surface area contributed by atoms with Crippen LogP contribution < -0.4 is 10.5 Å². The molecule has 0 aromatic heterocycles. The molecule has 0 aliphatic rings. The highest BCUT2D eigenvalue weighted by molar-refractivity contribution is 6.28. The molecule has 0 fully saturated rings. The van der Waals surface area contributed by atoms with Crippen LogP contribution >= 0.6 is 11.6 Å². The molecular weight excluding hydrogens is 207 g/mol. The van der Waals surface area contributed by atoms with Gasteiger partial charge in [-0.1, -0.05) is 0 Å². The maximum Gasteiger partial charge on any atom is 0.147 e. The van der Waals surface area contributed by atoms with Crippen LogP contribution in [0.3, 0.4) is 0 Å². The molecular formula is C9H10ClFN2O. The van der Waals surface area contributed by atoms with E-state index in [0.29, 0.717) is 11.4 Å². The topological polar surface area (TPSA) is 47.6 Å². The molecule has 1 rings (SSSR count). The highest BCUT2D eigenvalue weighted by Gasteiger charge is 2.03. The molecule has 0 atom stereocenters. The molecule has 0 radical (unpaired) electrons. The third-order valence-corrected chi connectivity index (χ3v) is 1.82. The Kier molecular flexibility index (Phi) is 3.71. The smallest absolute Gasteiger partial charge is 0.147 e. The summed E-state index contributed by atoms with van der Waals surface area (Å²) in [6.07, 6.45) is 0. The third kappa shape index (κ3) is 2.60. The van der Waals surface area contributed by atoms with E-state index >= 15 is 0 Å². The van der Waals surface area contributed by atoms with E-state index in [2.05, 4.69) is 4.99 Å². The van der Waals surface area contributed by atoms with Gasteiger partial charge >= 0.3 is 0 Å². The molecule has 14 heavy (non-hydrogen) atoms. The lowest BCUT2D eigenvalue weighted by Gasteiger charge is -2.04. The second-order valence-electron chi connectivity index (χ2n) is 2.55. The minimum atomic E-state index is -0.384. The van der Waals surface area contributed by atoms with Gasteiger partial charge in [0.05, 0.1) is 13.0 Å². The summed E-state index contributed by atoms with van der Waals surface area (Å²) in [6.45, 7) is 0. The fourth-order valence-electron chi connectivity index (χ4n) is 0.928. The maximum atomic E-state index is 12.8. The Hall–Kier alpha value is -1.29. The third-order valence-electron chi connectivity index (χ3n) is 1.54. The van der Waals surface area contributed by atoms with Gasteiger partial charge in [-0.3, -0.25) is 0 Å². The summed E-state index contributed by atoms with van der Waals surface area (Å²) >= 11 is 5.46. The molecule has 76 valence electrons. The summed E-state index contributed by atoms with van der Waals surface area (Å²) in [5.41, 5.74) is 5.90. The zero-order chi connectivity index (χ0) is 10.6. The number of halogens is 2. The van der Waals surface area contributed by atoms with Gasteiger partial charge in [0.25, 0.3) is 0 Å². The molecule has 0 heterocycles. The van der Waals surface area contributed by atoms with Crippen LogP contribution in [-0.2, 0) is 0 Å². The first-order chi connectivity index (χ1) is 6.67. The van der Waals surface area contributed by atoms with E-state index in [1.54, 1.807) is 0 Å². The molecule has 0 spiro atoms. The number of ether oxygens (including phenoxy) is 1. The average Bonchev–Trinajstić information content (AvgIpc) is 2.20. The minimum Gasteiger partial charge on any atom is -0.494 e. The summed E-state index contributed by atoms with van der Waals surface area (Å²) in [7, 11) is 1.44. The summed E-state index contributed by atoms with van der Waals surface area (Å²) in [5, 5.41) is 0. The first-order valence-electron chi connectivity index (χ1n) is 3.90. The van der Waals surface area contributed by atoms with Gasteiger partial charge < -0.3 is 10.5 Å². The molecule has 0 bridgehead atoms. The van der Waals surface area contributed by atoms with Crippen molar-refractivity contribution in [2.75, 3.05) is 13.0 Å². The van der Waals surface area contributed by atoms with E-state index in [1.807, 2.05) is 0 Å². The van der Waals surface area contributed by atoms with E-state index in [-0.39, 0.29) is 17.5 Å². The molecule has 2 N–H and O–H groups in total. The van der Waals surface area contributed by atoms with Gasteiger partial charge in [-0.05, 0) is 12.1 Å². The Bertz CT molecular complexity index is 355. The highest BCUT2D eigenvalue weighted by Crippen LogP contribution is 2.27. The molecule has 0 aliphatic heterocycles. The summed E-state index contributed by atoms with van der Waals surface area (Å²) < 4.78 is 17.7. The summed E-state index contributed by atoms with van der Waals surface area (Å²) in [5.74, 6) is 0.334. The van der Waals surface area contributed by atoms with Gasteiger partial charge in [0.1, 0.15) is 23.1 Å². The summed E-state index contributed by atoms with van der Waals surface area (Å²) in [4.78, 5) is 3.96. The van der Waals surface area contributed by atoms with E-state index in [0.717, 1.165) is 0 Å². The second-order valence-corrected chi connectivity index (χ2v) is 2.82. The molecule has 0 unspecified atom stereocenters. The minimum absolute atomic E-state index is 0.126. The molecule has 0 aliphatic carbocycles. The van der Waals surface area contributed by atoms with Gasteiger partial charge in [0.15, 0.2) is 0 Å². The number of nitrogens with zero attached hydrogens (tertiary/aromatic N) is 1. The lowest BCUT2D eigenvalue weighted by atomic mass is 10.3. The number of methoxy groups -OCH3 is 1. The van der Waals surface area contributed by atoms with Crippen LogP contribution in [0.2, 0.25) is 0 Å². The van der Waals surface area contributed by atoms with Crippen molar-refractivity contribution in [2.24, 2.45) is 10.7 Å². The van der Waals surface area contributed by atoms with Crippen LogP contribution in [0.15, 0.2) is 23.2 Å². The van der Waals surface area contributed by atoms with Gasteiger partial charge in [-0.25, -0.2) is 9.38 Å². The SMILES string of the molecule is COc1cc(F)ccc1N=C(N)CCl. The number of hydrogen-bond donors (Lipinski definition) is 1. The van der Waals surface area contributed by atoms with E-state index < -0.39 is 0 Å². The Balaban J connectivity index is 3.08. The average molecular weight is 217 g/mol. The largest absolute Gasteiger partial charge is 0.494 e. The van der Waals surface area contributed by atoms with Crippen LogP contribution in [-0.4, -0.2) is 18.8 Å². The molecule has 3 nitrogen and oxygen atoms in total. The molecule has 1 aromatic rings. The fraction of sp³-hybridized carbons (Fsp3) is 0.222. The molecule has 5 heteroatoms. The number of aliphatic imine (C=N–C) groups is 1. The number of benzene rings is 1. The standard InChI is InChI=1S/C9H10ClFN2O/c1-14-8-4-6(11)2-3-7(8)13-9(12)5-10/h2-4H,5H2,1H3,(H2,12,13). The first-order valence-corrected chi connectivity index (χ1v) is 4.43. The second kappa shape index (κ2) is 4.81. The maximum absolute atomic E-state index is 12.8. The Labute approximate surface area is 86.3 Å². The predicted molar refractivity (Wildman–Crippen MR) is 55.0 cm³/mol. The van der Waals surface area contributed by atoms with Crippen molar-refractivity contribution in [3.63, 3.8) is 0 Å². The van der Waals surface area contributed by atoms with Crippen LogP contribution in [0, 0.1) is 5.82 Å². The van der Waals surface area contributed by atoms with Gasteiger partial charge in [0.2, 0.25) is 0 Å². The lowest BCUT2D eigenvalue weighted by Crippen LogP contribution is -2.12. The number of rotatable bonds is 3. The van der Waals surface area contributed by atoms with Gasteiger partial charge in [-0.15, -0.1) is 11.6 Å². The van der Waals surface area contributed by atoms with E-state index in [4.69, 9.17) is 22.1 Å². The number of nitrogens with two attached hydrogens (primary N) is 1. The zero-order valence-electron chi connectivity index (χ0n) is 7.63. The first kappa shape index (κ1) is 10.8. The van der Waals surface area contributed by atoms with Crippen molar-refractivity contribution in [1.82, 2.24) is 0 Å². The Morgan fingerprint density at radius 2 is 2.36 bits per heavy atom. The molecule has 1 aromatic carbocycles. The van der Waals surface area contributed by atoms with Crippen molar-refractivity contribution in [3.05, 3.63) is 24.0 Å². The van der Waals surface area contributed by atoms with Crippen molar-refractivity contribution >= 4 is 23.1 Å². The molecule has 0 amide bonds. The Morgan fingerprint density at radius 3 is 2.93 bits per heavy atom. The molecule has 0 saturated carbocycles. The fourth-order valence-corrected chi connectivity index (χ4v) is 0.988. The van der Waals surface area contributed by atoms with E-state index in [1.165, 1.54) is 25.3 Å². The van der Waals surface area contributed by atoms with Crippen molar-refractivity contribution in [2.45, 2.75) is 0 Å². The van der Waals surface area contributed by atoms with Crippen molar-refractivity contribution in [1.29, 1.82) is 0 Å². The van der Waals surface area contributed by atoms with Gasteiger partial charge in [0, 0.05) is 6.07 Å². The summed E-state index contributed by atoms with van der Waals surface area (Å²) in [6, 6.07) is 4.00. The van der Waals surface area contributed by atoms with Crippen LogP contribution in [0.5, 0.6) is 5.75 Å².